The quantitative estimate of drug-likeness (QED) is 0.667. The summed E-state index contributed by atoms with van der Waals surface area (Å²) in [5.41, 5.74) is -0.0250. The Morgan fingerprint density at radius 2 is 2.29 bits per heavy atom. The zero-order valence-electron chi connectivity index (χ0n) is 9.38. The Kier molecular flexibility index (Phi) is 3.58. The van der Waals surface area contributed by atoms with E-state index in [2.05, 4.69) is 32.0 Å². The monoisotopic (exact) mass is 195 g/mol. The van der Waals surface area contributed by atoms with Crippen molar-refractivity contribution in [1.82, 2.24) is 5.32 Å². The summed E-state index contributed by atoms with van der Waals surface area (Å²) in [5, 5.41) is 13.0. The van der Waals surface area contributed by atoms with Crippen LogP contribution in [0.2, 0.25) is 0 Å². The average Bonchev–Trinajstić information content (AvgIpc) is 2.16. The summed E-state index contributed by atoms with van der Waals surface area (Å²) < 4.78 is 0. The number of hydrogen-bond donors (Lipinski definition) is 2. The predicted octanol–water partition coefficient (Wildman–Crippen LogP) is 1.54. The van der Waals surface area contributed by atoms with Crippen LogP contribution in [-0.2, 0) is 0 Å². The molecule has 2 N–H and O–H groups in total. The third-order valence-electron chi connectivity index (χ3n) is 3.40. The molecular formula is C12H21NO. The van der Waals surface area contributed by atoms with Gasteiger partial charge in [-0.1, -0.05) is 33.1 Å². The number of nitrogens with one attached hydrogen (secondary N) is 1. The lowest BCUT2D eigenvalue weighted by atomic mass is 9.64. The molecule has 0 saturated heterocycles. The fraction of sp³-hybridized carbons (Fsp3) is 0.833. The molecule has 0 spiro atoms. The van der Waals surface area contributed by atoms with Gasteiger partial charge in [0.05, 0.1) is 12.1 Å². The van der Waals surface area contributed by atoms with Crippen molar-refractivity contribution >= 4 is 0 Å². The second-order valence-electron chi connectivity index (χ2n) is 4.80. The summed E-state index contributed by atoms with van der Waals surface area (Å²) >= 11 is 0. The first-order chi connectivity index (χ1) is 6.52. The van der Waals surface area contributed by atoms with E-state index in [1.165, 1.54) is 0 Å². The van der Waals surface area contributed by atoms with Crippen LogP contribution >= 0.6 is 0 Å². The SMILES string of the molecule is C#CC(CCC)NC1CC(O)C1(C)C. The molecule has 3 atom stereocenters. The molecule has 1 fully saturated rings. The second kappa shape index (κ2) is 4.33. The lowest BCUT2D eigenvalue weighted by Gasteiger charge is -2.50. The van der Waals surface area contributed by atoms with E-state index in [4.69, 9.17) is 6.42 Å². The topological polar surface area (TPSA) is 32.3 Å². The first-order valence-electron chi connectivity index (χ1n) is 5.42. The first kappa shape index (κ1) is 11.6. The fourth-order valence-corrected chi connectivity index (χ4v) is 1.93. The van der Waals surface area contributed by atoms with Crippen molar-refractivity contribution in [2.45, 2.75) is 58.2 Å². The smallest absolute Gasteiger partial charge is 0.0689 e. The van der Waals surface area contributed by atoms with Gasteiger partial charge >= 0.3 is 0 Å². The summed E-state index contributed by atoms with van der Waals surface area (Å²) in [6.07, 6.45) is 8.19. The molecular weight excluding hydrogens is 174 g/mol. The molecule has 1 saturated carbocycles. The highest BCUT2D eigenvalue weighted by molar-refractivity contribution is 5.07. The number of aliphatic hydroxyl groups excluding tert-OH is 1. The zero-order valence-corrected chi connectivity index (χ0v) is 9.38. The number of terminal acetylenes is 1. The Hall–Kier alpha value is -0.520. The Balaban J connectivity index is 2.42. The molecule has 0 aromatic heterocycles. The lowest BCUT2D eigenvalue weighted by molar-refractivity contribution is -0.0743. The molecule has 1 rings (SSSR count). The minimum Gasteiger partial charge on any atom is -0.392 e. The molecule has 80 valence electrons. The van der Waals surface area contributed by atoms with Gasteiger partial charge in [0.1, 0.15) is 0 Å². The van der Waals surface area contributed by atoms with Gasteiger partial charge in [-0.15, -0.1) is 6.42 Å². The predicted molar refractivity (Wildman–Crippen MR) is 58.9 cm³/mol. The first-order valence-corrected chi connectivity index (χ1v) is 5.42. The third-order valence-corrected chi connectivity index (χ3v) is 3.40. The minimum absolute atomic E-state index is 0.0250. The fourth-order valence-electron chi connectivity index (χ4n) is 1.93. The normalized spacial score (nSPS) is 31.6. The van der Waals surface area contributed by atoms with Gasteiger partial charge in [-0.3, -0.25) is 0 Å². The van der Waals surface area contributed by atoms with Crippen LogP contribution < -0.4 is 5.32 Å². The highest BCUT2D eigenvalue weighted by Crippen LogP contribution is 2.40. The van der Waals surface area contributed by atoms with Crippen molar-refractivity contribution < 1.29 is 5.11 Å². The molecule has 0 aromatic carbocycles. The van der Waals surface area contributed by atoms with E-state index in [1.54, 1.807) is 0 Å². The summed E-state index contributed by atoms with van der Waals surface area (Å²) in [7, 11) is 0. The van der Waals surface area contributed by atoms with Crippen molar-refractivity contribution in [3.05, 3.63) is 0 Å². The number of hydrogen-bond acceptors (Lipinski definition) is 2. The lowest BCUT2D eigenvalue weighted by Crippen LogP contribution is -2.61. The Bertz CT molecular complexity index is 229. The molecule has 1 aliphatic rings. The van der Waals surface area contributed by atoms with E-state index in [0.29, 0.717) is 6.04 Å². The minimum atomic E-state index is -0.181. The van der Waals surface area contributed by atoms with Crippen LogP contribution in [0.15, 0.2) is 0 Å². The molecule has 14 heavy (non-hydrogen) atoms. The maximum atomic E-state index is 9.57. The number of aliphatic hydroxyl groups is 1. The Morgan fingerprint density at radius 1 is 1.64 bits per heavy atom. The molecule has 0 radical (unpaired) electrons. The summed E-state index contributed by atoms with van der Waals surface area (Å²) in [5.74, 6) is 2.76. The standard InChI is InChI=1S/C12H21NO/c1-5-7-9(6-2)13-10-8-11(14)12(10,3)4/h2,9-11,13-14H,5,7-8H2,1,3-4H3. The number of rotatable bonds is 4. The maximum absolute atomic E-state index is 9.57. The van der Waals surface area contributed by atoms with Gasteiger partial charge in [-0.05, 0) is 12.8 Å². The summed E-state index contributed by atoms with van der Waals surface area (Å²) in [6, 6.07) is 0.530. The highest BCUT2D eigenvalue weighted by Gasteiger charge is 2.47. The van der Waals surface area contributed by atoms with Crippen LogP contribution in [0.4, 0.5) is 0 Å². The van der Waals surface area contributed by atoms with Gasteiger partial charge in [-0.25, -0.2) is 0 Å². The molecule has 2 nitrogen and oxygen atoms in total. The van der Waals surface area contributed by atoms with Gasteiger partial charge in [0, 0.05) is 11.5 Å². The van der Waals surface area contributed by atoms with Crippen molar-refractivity contribution in [1.29, 1.82) is 0 Å². The molecule has 3 unspecified atom stereocenters. The molecule has 2 heteroatoms. The van der Waals surface area contributed by atoms with Crippen molar-refractivity contribution in [3.63, 3.8) is 0 Å². The van der Waals surface area contributed by atoms with Crippen LogP contribution in [0.25, 0.3) is 0 Å². The summed E-state index contributed by atoms with van der Waals surface area (Å²) in [6.45, 7) is 6.30. The Labute approximate surface area is 87.1 Å². The highest BCUT2D eigenvalue weighted by atomic mass is 16.3. The van der Waals surface area contributed by atoms with Crippen LogP contribution in [-0.4, -0.2) is 23.3 Å². The average molecular weight is 195 g/mol. The second-order valence-corrected chi connectivity index (χ2v) is 4.80. The summed E-state index contributed by atoms with van der Waals surface area (Å²) in [4.78, 5) is 0. The van der Waals surface area contributed by atoms with Crippen LogP contribution in [0, 0.1) is 17.8 Å². The molecule has 0 heterocycles. The molecule has 0 aromatic rings. The van der Waals surface area contributed by atoms with Gasteiger partial charge in [0.15, 0.2) is 0 Å². The largest absolute Gasteiger partial charge is 0.392 e. The van der Waals surface area contributed by atoms with E-state index >= 15 is 0 Å². The van der Waals surface area contributed by atoms with E-state index < -0.39 is 0 Å². The van der Waals surface area contributed by atoms with Gasteiger partial charge < -0.3 is 10.4 Å². The van der Waals surface area contributed by atoms with E-state index in [0.717, 1.165) is 19.3 Å². The molecule has 0 amide bonds. The van der Waals surface area contributed by atoms with Crippen LogP contribution in [0.3, 0.4) is 0 Å². The molecule has 0 aliphatic heterocycles. The van der Waals surface area contributed by atoms with E-state index in [-0.39, 0.29) is 17.6 Å². The van der Waals surface area contributed by atoms with Gasteiger partial charge in [0.2, 0.25) is 0 Å². The van der Waals surface area contributed by atoms with Crippen molar-refractivity contribution in [2.75, 3.05) is 0 Å². The van der Waals surface area contributed by atoms with Crippen molar-refractivity contribution in [2.24, 2.45) is 5.41 Å². The third kappa shape index (κ3) is 2.10. The maximum Gasteiger partial charge on any atom is 0.0689 e. The van der Waals surface area contributed by atoms with Gasteiger partial charge in [0.25, 0.3) is 0 Å². The van der Waals surface area contributed by atoms with Crippen molar-refractivity contribution in [3.8, 4) is 12.3 Å². The van der Waals surface area contributed by atoms with Gasteiger partial charge in [-0.2, -0.15) is 0 Å². The van der Waals surface area contributed by atoms with E-state index in [9.17, 15) is 5.11 Å². The van der Waals surface area contributed by atoms with E-state index in [1.807, 2.05) is 0 Å². The zero-order chi connectivity index (χ0) is 10.8. The van der Waals surface area contributed by atoms with Crippen LogP contribution in [0.1, 0.15) is 40.0 Å². The van der Waals surface area contributed by atoms with Crippen LogP contribution in [0.5, 0.6) is 0 Å². The Morgan fingerprint density at radius 3 is 2.64 bits per heavy atom. The molecule has 0 bridgehead atoms. The molecule has 1 aliphatic carbocycles.